The fourth-order valence-electron chi connectivity index (χ4n) is 1.44. The van der Waals surface area contributed by atoms with E-state index in [0.717, 1.165) is 11.4 Å². The molecule has 5 heteroatoms. The van der Waals surface area contributed by atoms with Crippen LogP contribution in [0.2, 0.25) is 0 Å². The van der Waals surface area contributed by atoms with E-state index in [9.17, 15) is 0 Å². The highest BCUT2D eigenvalue weighted by Crippen LogP contribution is 2.17. The second-order valence-corrected chi connectivity index (χ2v) is 3.65. The van der Waals surface area contributed by atoms with Gasteiger partial charge in [-0.05, 0) is 37.3 Å². The van der Waals surface area contributed by atoms with Crippen molar-refractivity contribution < 1.29 is 10.2 Å². The summed E-state index contributed by atoms with van der Waals surface area (Å²) >= 11 is 0. The van der Waals surface area contributed by atoms with E-state index in [2.05, 4.69) is 15.3 Å². The van der Waals surface area contributed by atoms with Crippen molar-refractivity contribution >= 4 is 11.6 Å². The Balaban J connectivity index is 2.23. The molecule has 88 valence electrons. The van der Waals surface area contributed by atoms with Crippen LogP contribution in [0.5, 0.6) is 5.75 Å². The van der Waals surface area contributed by atoms with Crippen molar-refractivity contribution in [3.05, 3.63) is 41.7 Å². The Kier molecular flexibility index (Phi) is 3.20. The number of nitrogens with zero attached hydrogens (tertiary/aromatic N) is 2. The van der Waals surface area contributed by atoms with E-state index in [1.54, 1.807) is 30.3 Å². The number of aromatic nitrogens is 2. The average molecular weight is 231 g/mol. The van der Waals surface area contributed by atoms with Crippen LogP contribution in [0, 0.1) is 6.92 Å². The van der Waals surface area contributed by atoms with Gasteiger partial charge in [0.05, 0.1) is 12.3 Å². The molecule has 1 aromatic heterocycles. The maximum absolute atomic E-state index is 9.16. The lowest BCUT2D eigenvalue weighted by molar-refractivity contribution is 0.276. The molecule has 0 fully saturated rings. The van der Waals surface area contributed by atoms with Crippen LogP contribution in [-0.4, -0.2) is 20.2 Å². The lowest BCUT2D eigenvalue weighted by Gasteiger charge is -2.07. The average Bonchev–Trinajstić information content (AvgIpc) is 2.31. The van der Waals surface area contributed by atoms with Gasteiger partial charge in [-0.2, -0.15) is 0 Å². The Morgan fingerprint density at radius 2 is 1.88 bits per heavy atom. The summed E-state index contributed by atoms with van der Waals surface area (Å²) in [4.78, 5) is 8.34. The van der Waals surface area contributed by atoms with Gasteiger partial charge in [0, 0.05) is 11.4 Å². The highest BCUT2D eigenvalue weighted by molar-refractivity contribution is 5.54. The van der Waals surface area contributed by atoms with Crippen LogP contribution >= 0.6 is 0 Å². The molecule has 0 saturated heterocycles. The number of rotatable bonds is 3. The van der Waals surface area contributed by atoms with Gasteiger partial charge in [-0.15, -0.1) is 0 Å². The molecule has 0 spiro atoms. The highest BCUT2D eigenvalue weighted by Gasteiger charge is 2.02. The number of phenols is 1. The number of benzene rings is 1. The fourth-order valence-corrected chi connectivity index (χ4v) is 1.44. The summed E-state index contributed by atoms with van der Waals surface area (Å²) in [7, 11) is 0. The Morgan fingerprint density at radius 3 is 2.53 bits per heavy atom. The molecule has 0 radical (unpaired) electrons. The van der Waals surface area contributed by atoms with E-state index in [4.69, 9.17) is 10.2 Å². The van der Waals surface area contributed by atoms with Gasteiger partial charge in [0.2, 0.25) is 5.95 Å². The van der Waals surface area contributed by atoms with Crippen molar-refractivity contribution in [1.82, 2.24) is 9.97 Å². The first kappa shape index (κ1) is 11.3. The van der Waals surface area contributed by atoms with Crippen LogP contribution < -0.4 is 5.32 Å². The van der Waals surface area contributed by atoms with Crippen LogP contribution in [0.3, 0.4) is 0 Å². The van der Waals surface area contributed by atoms with E-state index < -0.39 is 0 Å². The Labute approximate surface area is 98.8 Å². The summed E-state index contributed by atoms with van der Waals surface area (Å²) in [6.45, 7) is 1.72. The largest absolute Gasteiger partial charge is 0.508 e. The third-order valence-corrected chi connectivity index (χ3v) is 2.19. The van der Waals surface area contributed by atoms with Crippen LogP contribution in [0.4, 0.5) is 11.6 Å². The normalized spacial score (nSPS) is 10.2. The number of nitrogens with one attached hydrogen (secondary N) is 1. The summed E-state index contributed by atoms with van der Waals surface area (Å²) in [6, 6.07) is 8.32. The monoisotopic (exact) mass is 231 g/mol. The first-order valence-electron chi connectivity index (χ1n) is 5.19. The number of aromatic hydroxyl groups is 1. The molecule has 0 unspecified atom stereocenters. The number of phenolic OH excluding ortho intramolecular Hbond substituents is 1. The molecule has 0 aliphatic heterocycles. The summed E-state index contributed by atoms with van der Waals surface area (Å²) in [5.41, 5.74) is 2.13. The molecule has 0 amide bonds. The van der Waals surface area contributed by atoms with Crippen LogP contribution in [0.1, 0.15) is 11.4 Å². The summed E-state index contributed by atoms with van der Waals surface area (Å²) in [5, 5.41) is 21.2. The molecular formula is C12H13N3O2. The van der Waals surface area contributed by atoms with Crippen LogP contribution in [0.25, 0.3) is 0 Å². The minimum Gasteiger partial charge on any atom is -0.508 e. The number of anilines is 2. The molecule has 3 N–H and O–H groups in total. The Morgan fingerprint density at radius 1 is 1.18 bits per heavy atom. The van der Waals surface area contributed by atoms with E-state index in [1.807, 2.05) is 6.92 Å². The molecule has 0 aliphatic rings. The van der Waals surface area contributed by atoms with Crippen LogP contribution in [-0.2, 0) is 6.61 Å². The predicted octanol–water partition coefficient (Wildman–Crippen LogP) is 1.73. The summed E-state index contributed by atoms with van der Waals surface area (Å²) in [6.07, 6.45) is 0. The van der Waals surface area contributed by atoms with Crippen molar-refractivity contribution in [3.8, 4) is 5.75 Å². The van der Waals surface area contributed by atoms with Gasteiger partial charge in [-0.1, -0.05) is 0 Å². The van der Waals surface area contributed by atoms with Crippen molar-refractivity contribution in [2.24, 2.45) is 0 Å². The Hall–Kier alpha value is -2.14. The minimum atomic E-state index is -0.117. The topological polar surface area (TPSA) is 78.3 Å². The van der Waals surface area contributed by atoms with E-state index >= 15 is 0 Å². The second kappa shape index (κ2) is 4.80. The third-order valence-electron chi connectivity index (χ3n) is 2.19. The molecule has 0 saturated carbocycles. The Bertz CT molecular complexity index is 512. The predicted molar refractivity (Wildman–Crippen MR) is 64.1 cm³/mol. The fraction of sp³-hybridized carbons (Fsp3) is 0.167. The molecule has 17 heavy (non-hydrogen) atoms. The van der Waals surface area contributed by atoms with Crippen molar-refractivity contribution in [3.63, 3.8) is 0 Å². The lowest BCUT2D eigenvalue weighted by Crippen LogP contribution is -2.01. The first-order chi connectivity index (χ1) is 8.17. The molecule has 0 atom stereocenters. The van der Waals surface area contributed by atoms with E-state index in [1.165, 1.54) is 0 Å². The number of aliphatic hydroxyl groups is 1. The zero-order valence-electron chi connectivity index (χ0n) is 9.38. The highest BCUT2D eigenvalue weighted by atomic mass is 16.3. The SMILES string of the molecule is Cc1cc(CO)nc(Nc2ccc(O)cc2)n1. The maximum Gasteiger partial charge on any atom is 0.227 e. The molecule has 2 rings (SSSR count). The first-order valence-corrected chi connectivity index (χ1v) is 5.19. The van der Waals surface area contributed by atoms with Gasteiger partial charge in [0.1, 0.15) is 5.75 Å². The number of hydrogen-bond acceptors (Lipinski definition) is 5. The molecule has 1 aromatic carbocycles. The number of aryl methyl sites for hydroxylation is 1. The van der Waals surface area contributed by atoms with Crippen LogP contribution in [0.15, 0.2) is 30.3 Å². The third kappa shape index (κ3) is 2.92. The van der Waals surface area contributed by atoms with Crippen molar-refractivity contribution in [2.75, 3.05) is 5.32 Å². The zero-order chi connectivity index (χ0) is 12.3. The smallest absolute Gasteiger partial charge is 0.227 e. The van der Waals surface area contributed by atoms with Gasteiger partial charge >= 0.3 is 0 Å². The summed E-state index contributed by atoms with van der Waals surface area (Å²) < 4.78 is 0. The van der Waals surface area contributed by atoms with Crippen molar-refractivity contribution in [2.45, 2.75) is 13.5 Å². The molecule has 1 heterocycles. The minimum absolute atomic E-state index is 0.117. The summed E-state index contributed by atoms with van der Waals surface area (Å²) in [5.74, 6) is 0.636. The lowest BCUT2D eigenvalue weighted by atomic mass is 10.3. The molecular weight excluding hydrogens is 218 g/mol. The van der Waals surface area contributed by atoms with Gasteiger partial charge in [0.15, 0.2) is 0 Å². The van der Waals surface area contributed by atoms with Gasteiger partial charge < -0.3 is 15.5 Å². The maximum atomic E-state index is 9.16. The van der Waals surface area contributed by atoms with Gasteiger partial charge in [-0.25, -0.2) is 9.97 Å². The number of aliphatic hydroxyl groups excluding tert-OH is 1. The van der Waals surface area contributed by atoms with E-state index in [-0.39, 0.29) is 12.4 Å². The quantitative estimate of drug-likeness (QED) is 0.701. The van der Waals surface area contributed by atoms with Gasteiger partial charge in [-0.3, -0.25) is 0 Å². The molecule has 5 nitrogen and oxygen atoms in total. The second-order valence-electron chi connectivity index (χ2n) is 3.65. The standard InChI is InChI=1S/C12H13N3O2/c1-8-6-10(7-16)15-12(13-8)14-9-2-4-11(17)5-3-9/h2-6,16-17H,7H2,1H3,(H,13,14,15). The number of hydrogen-bond donors (Lipinski definition) is 3. The molecule has 0 aliphatic carbocycles. The van der Waals surface area contributed by atoms with Gasteiger partial charge in [0.25, 0.3) is 0 Å². The van der Waals surface area contributed by atoms with E-state index in [0.29, 0.717) is 11.6 Å². The zero-order valence-corrected chi connectivity index (χ0v) is 9.38. The molecule has 0 bridgehead atoms. The van der Waals surface area contributed by atoms with Crippen molar-refractivity contribution in [1.29, 1.82) is 0 Å². The molecule has 2 aromatic rings.